The highest BCUT2D eigenvalue weighted by molar-refractivity contribution is 9.11. The second-order valence-corrected chi connectivity index (χ2v) is 7.67. The summed E-state index contributed by atoms with van der Waals surface area (Å²) in [6.45, 7) is 2.22. The molecular weight excluding hydrogens is 383 g/mol. The molecule has 90 valence electrons. The Morgan fingerprint density at radius 2 is 1.88 bits per heavy atom. The van der Waals surface area contributed by atoms with Crippen molar-refractivity contribution in [3.8, 4) is 0 Å². The van der Waals surface area contributed by atoms with E-state index in [9.17, 15) is 0 Å². The molecule has 0 aliphatic heterocycles. The van der Waals surface area contributed by atoms with Crippen molar-refractivity contribution in [3.63, 3.8) is 0 Å². The smallest absolute Gasteiger partial charge is 0.0887 e. The summed E-state index contributed by atoms with van der Waals surface area (Å²) < 4.78 is 0.999. The van der Waals surface area contributed by atoms with Crippen LogP contribution >= 0.6 is 54.8 Å². The lowest BCUT2D eigenvalue weighted by Crippen LogP contribution is -2.00. The third-order valence-corrected chi connectivity index (χ3v) is 6.85. The highest BCUT2D eigenvalue weighted by Gasteiger charge is 2.20. The first-order valence-corrected chi connectivity index (χ1v) is 8.13. The van der Waals surface area contributed by atoms with Gasteiger partial charge in [-0.15, -0.1) is 11.3 Å². The monoisotopic (exact) mass is 392 g/mol. The normalized spacial score (nSPS) is 14.6. The molecule has 2 aromatic rings. The van der Waals surface area contributed by atoms with Crippen LogP contribution in [0.3, 0.4) is 0 Å². The van der Waals surface area contributed by atoms with Gasteiger partial charge in [0.1, 0.15) is 0 Å². The molecule has 1 aromatic carbocycles. The molecule has 17 heavy (non-hydrogen) atoms. The van der Waals surface area contributed by atoms with Crippen molar-refractivity contribution < 1.29 is 0 Å². The molecule has 1 heterocycles. The molecule has 0 saturated carbocycles. The zero-order valence-corrected chi connectivity index (χ0v) is 13.9. The van der Waals surface area contributed by atoms with E-state index in [2.05, 4.69) is 63.0 Å². The lowest BCUT2D eigenvalue weighted by Gasteiger charge is -2.17. The fourth-order valence-electron chi connectivity index (χ4n) is 1.67. The maximum absolute atomic E-state index is 6.07. The third-order valence-electron chi connectivity index (χ3n) is 2.70. The van der Waals surface area contributed by atoms with E-state index in [1.807, 2.05) is 12.1 Å². The predicted octanol–water partition coefficient (Wildman–Crippen LogP) is 6.40. The van der Waals surface area contributed by atoms with Gasteiger partial charge in [-0.1, -0.05) is 64.8 Å². The minimum atomic E-state index is 0.290. The SMILES string of the molecule is CC(c1ccccc1)C(Br)c1cc(Cl)c(Br)s1. The van der Waals surface area contributed by atoms with Crippen molar-refractivity contribution >= 4 is 54.8 Å². The number of hydrogen-bond acceptors (Lipinski definition) is 1. The summed E-state index contributed by atoms with van der Waals surface area (Å²) in [5.41, 5.74) is 1.33. The van der Waals surface area contributed by atoms with Crippen LogP contribution in [0, 0.1) is 0 Å². The molecule has 0 radical (unpaired) electrons. The maximum atomic E-state index is 6.07. The van der Waals surface area contributed by atoms with Crippen molar-refractivity contribution in [1.82, 2.24) is 0 Å². The number of rotatable bonds is 3. The molecule has 0 fully saturated rings. The number of alkyl halides is 1. The number of benzene rings is 1. The summed E-state index contributed by atoms with van der Waals surface area (Å²) in [6, 6.07) is 12.5. The summed E-state index contributed by atoms with van der Waals surface area (Å²) in [6.07, 6.45) is 0. The number of halogens is 3. The molecule has 1 aromatic heterocycles. The summed E-state index contributed by atoms with van der Waals surface area (Å²) in [7, 11) is 0. The Labute approximate surface area is 127 Å². The maximum Gasteiger partial charge on any atom is 0.0887 e. The van der Waals surface area contributed by atoms with Gasteiger partial charge < -0.3 is 0 Å². The highest BCUT2D eigenvalue weighted by Crippen LogP contribution is 2.44. The van der Waals surface area contributed by atoms with Gasteiger partial charge in [-0.05, 0) is 33.5 Å². The molecule has 0 bridgehead atoms. The van der Waals surface area contributed by atoms with Gasteiger partial charge in [0.25, 0.3) is 0 Å². The van der Waals surface area contributed by atoms with E-state index in [0.717, 1.165) is 8.81 Å². The van der Waals surface area contributed by atoms with Crippen LogP contribution in [0.1, 0.15) is 28.1 Å². The second-order valence-electron chi connectivity index (χ2n) is 3.87. The van der Waals surface area contributed by atoms with E-state index in [-0.39, 0.29) is 0 Å². The number of thiophene rings is 1. The van der Waals surface area contributed by atoms with Gasteiger partial charge in [-0.2, -0.15) is 0 Å². The Kier molecular flexibility index (Phi) is 4.70. The molecule has 0 aliphatic rings. The van der Waals surface area contributed by atoms with E-state index in [1.54, 1.807) is 11.3 Å². The fraction of sp³-hybridized carbons (Fsp3) is 0.231. The Morgan fingerprint density at radius 1 is 1.24 bits per heavy atom. The Balaban J connectivity index is 2.23. The molecular formula is C13H11Br2ClS. The van der Waals surface area contributed by atoms with Gasteiger partial charge in [0.15, 0.2) is 0 Å². The van der Waals surface area contributed by atoms with Crippen molar-refractivity contribution in [2.24, 2.45) is 0 Å². The van der Waals surface area contributed by atoms with Gasteiger partial charge in [-0.3, -0.25) is 0 Å². The number of hydrogen-bond donors (Lipinski definition) is 0. The zero-order valence-electron chi connectivity index (χ0n) is 9.16. The third kappa shape index (κ3) is 3.14. The molecule has 0 amide bonds. The van der Waals surface area contributed by atoms with E-state index < -0.39 is 0 Å². The van der Waals surface area contributed by atoms with Crippen molar-refractivity contribution in [2.45, 2.75) is 17.7 Å². The minimum absolute atomic E-state index is 0.290. The average Bonchev–Trinajstić information content (AvgIpc) is 2.69. The Morgan fingerprint density at radius 3 is 2.41 bits per heavy atom. The first-order valence-electron chi connectivity index (χ1n) is 5.23. The largest absolute Gasteiger partial charge is 0.130 e. The quantitative estimate of drug-likeness (QED) is 0.528. The first kappa shape index (κ1) is 13.6. The van der Waals surface area contributed by atoms with Crippen molar-refractivity contribution in [1.29, 1.82) is 0 Å². The molecule has 0 aliphatic carbocycles. The van der Waals surface area contributed by atoms with Crippen LogP contribution in [0.2, 0.25) is 5.02 Å². The summed E-state index contributed by atoms with van der Waals surface area (Å²) in [4.78, 5) is 1.54. The molecule has 2 unspecified atom stereocenters. The minimum Gasteiger partial charge on any atom is -0.130 e. The standard InChI is InChI=1S/C13H11Br2ClS/c1-8(9-5-3-2-4-6-9)12(14)11-7-10(16)13(15)17-11/h2-8,12H,1H3. The van der Waals surface area contributed by atoms with Crippen LogP contribution in [-0.4, -0.2) is 0 Å². The van der Waals surface area contributed by atoms with E-state index in [1.165, 1.54) is 10.4 Å². The van der Waals surface area contributed by atoms with E-state index in [0.29, 0.717) is 10.7 Å². The lowest BCUT2D eigenvalue weighted by molar-refractivity contribution is 0.761. The van der Waals surface area contributed by atoms with Crippen LogP contribution in [0.5, 0.6) is 0 Å². The molecule has 0 nitrogen and oxygen atoms in total. The van der Waals surface area contributed by atoms with Crippen molar-refractivity contribution in [2.75, 3.05) is 0 Å². The average molecular weight is 395 g/mol. The van der Waals surface area contributed by atoms with Crippen molar-refractivity contribution in [3.05, 3.63) is 55.6 Å². The van der Waals surface area contributed by atoms with Crippen LogP contribution in [0.15, 0.2) is 40.2 Å². The van der Waals surface area contributed by atoms with Crippen LogP contribution in [-0.2, 0) is 0 Å². The second kappa shape index (κ2) is 5.87. The van der Waals surface area contributed by atoms with Crippen LogP contribution in [0.25, 0.3) is 0 Å². The summed E-state index contributed by atoms with van der Waals surface area (Å²) in [5.74, 6) is 0.415. The Hall–Kier alpha value is 0.170. The summed E-state index contributed by atoms with van der Waals surface area (Å²) >= 11 is 15.0. The van der Waals surface area contributed by atoms with Crippen LogP contribution in [0.4, 0.5) is 0 Å². The highest BCUT2D eigenvalue weighted by atomic mass is 79.9. The predicted molar refractivity (Wildman–Crippen MR) is 83.6 cm³/mol. The molecule has 0 N–H and O–H groups in total. The van der Waals surface area contributed by atoms with Gasteiger partial charge in [0.2, 0.25) is 0 Å². The molecule has 2 atom stereocenters. The zero-order chi connectivity index (χ0) is 12.4. The topological polar surface area (TPSA) is 0 Å². The summed E-state index contributed by atoms with van der Waals surface area (Å²) in [5, 5.41) is 0.787. The van der Waals surface area contributed by atoms with Gasteiger partial charge in [0, 0.05) is 4.88 Å². The van der Waals surface area contributed by atoms with E-state index in [4.69, 9.17) is 11.6 Å². The fourth-order valence-corrected chi connectivity index (χ4v) is 4.22. The Bertz CT molecular complexity index is 476. The van der Waals surface area contributed by atoms with Gasteiger partial charge in [0.05, 0.1) is 13.6 Å². The van der Waals surface area contributed by atoms with Gasteiger partial charge in [-0.25, -0.2) is 0 Å². The molecule has 0 saturated heterocycles. The van der Waals surface area contributed by atoms with Crippen LogP contribution < -0.4 is 0 Å². The molecule has 0 spiro atoms. The molecule has 2 rings (SSSR count). The van der Waals surface area contributed by atoms with E-state index >= 15 is 0 Å². The van der Waals surface area contributed by atoms with Gasteiger partial charge >= 0.3 is 0 Å². The lowest BCUT2D eigenvalue weighted by atomic mass is 9.97. The molecule has 4 heteroatoms. The first-order chi connectivity index (χ1) is 8.09.